The van der Waals surface area contributed by atoms with Crippen molar-refractivity contribution in [2.24, 2.45) is 0 Å². The second-order valence-electron chi connectivity index (χ2n) is 5.18. The van der Waals surface area contributed by atoms with E-state index < -0.39 is 6.09 Å². The molecular formula is C17H21N3O2. The summed E-state index contributed by atoms with van der Waals surface area (Å²) >= 11 is 0. The van der Waals surface area contributed by atoms with Gasteiger partial charge in [0.2, 0.25) is 0 Å². The number of anilines is 3. The van der Waals surface area contributed by atoms with E-state index >= 15 is 0 Å². The molecule has 0 radical (unpaired) electrons. The third-order valence-corrected chi connectivity index (χ3v) is 3.22. The average molecular weight is 299 g/mol. The Morgan fingerprint density at radius 3 is 2.41 bits per heavy atom. The van der Waals surface area contributed by atoms with Gasteiger partial charge in [0.05, 0.1) is 18.5 Å². The number of amides is 1. The molecule has 5 nitrogen and oxygen atoms in total. The molecule has 0 unspecified atom stereocenters. The normalized spacial score (nSPS) is 10.2. The molecule has 2 aromatic rings. The Hall–Kier alpha value is -2.56. The second-order valence-corrected chi connectivity index (χ2v) is 5.18. The Labute approximate surface area is 130 Å². The summed E-state index contributed by atoms with van der Waals surface area (Å²) in [6.45, 7) is 8.32. The largest absolute Gasteiger partial charge is 0.450 e. The van der Waals surface area contributed by atoms with Crippen molar-refractivity contribution in [2.75, 3.05) is 17.2 Å². The quantitative estimate of drug-likeness (QED) is 0.882. The number of hydrogen-bond acceptors (Lipinski definition) is 4. The standard InChI is InChI=1S/C17H21N3O2/c1-5-22-17(21)19-14-6-7-15(18-10-14)20-16-12(3)8-11(2)9-13(16)4/h6-10H,5H2,1-4H3,(H,18,20)(H,19,21). The van der Waals surface area contributed by atoms with E-state index in [0.29, 0.717) is 12.3 Å². The first kappa shape index (κ1) is 15.8. The van der Waals surface area contributed by atoms with Crippen molar-refractivity contribution in [1.29, 1.82) is 0 Å². The molecular weight excluding hydrogens is 278 g/mol. The maximum Gasteiger partial charge on any atom is 0.411 e. The Morgan fingerprint density at radius 1 is 1.18 bits per heavy atom. The van der Waals surface area contributed by atoms with Gasteiger partial charge in [-0.3, -0.25) is 5.32 Å². The predicted molar refractivity (Wildman–Crippen MR) is 88.8 cm³/mol. The predicted octanol–water partition coefficient (Wildman–Crippen LogP) is 4.32. The molecule has 5 heteroatoms. The van der Waals surface area contributed by atoms with E-state index in [1.807, 2.05) is 6.07 Å². The van der Waals surface area contributed by atoms with E-state index in [0.717, 1.165) is 11.5 Å². The van der Waals surface area contributed by atoms with Crippen molar-refractivity contribution in [3.63, 3.8) is 0 Å². The van der Waals surface area contributed by atoms with Gasteiger partial charge in [-0.1, -0.05) is 17.7 Å². The van der Waals surface area contributed by atoms with E-state index in [4.69, 9.17) is 4.74 Å². The van der Waals surface area contributed by atoms with Crippen molar-refractivity contribution >= 4 is 23.3 Å². The lowest BCUT2D eigenvalue weighted by molar-refractivity contribution is 0.168. The van der Waals surface area contributed by atoms with Gasteiger partial charge in [0.1, 0.15) is 5.82 Å². The van der Waals surface area contributed by atoms with Crippen LogP contribution in [0.5, 0.6) is 0 Å². The number of aromatic nitrogens is 1. The molecule has 0 aliphatic rings. The first-order chi connectivity index (χ1) is 10.5. The van der Waals surface area contributed by atoms with Gasteiger partial charge in [-0.2, -0.15) is 0 Å². The number of ether oxygens (including phenoxy) is 1. The highest BCUT2D eigenvalue weighted by atomic mass is 16.5. The van der Waals surface area contributed by atoms with Crippen LogP contribution in [0.4, 0.5) is 22.0 Å². The minimum atomic E-state index is -0.477. The number of nitrogens with zero attached hydrogens (tertiary/aromatic N) is 1. The van der Waals surface area contributed by atoms with Crippen LogP contribution in [0.15, 0.2) is 30.5 Å². The van der Waals surface area contributed by atoms with Crippen LogP contribution in [-0.2, 0) is 4.74 Å². The number of hydrogen-bond donors (Lipinski definition) is 2. The molecule has 1 amide bonds. The third-order valence-electron chi connectivity index (χ3n) is 3.22. The van der Waals surface area contributed by atoms with Gasteiger partial charge in [-0.15, -0.1) is 0 Å². The summed E-state index contributed by atoms with van der Waals surface area (Å²) in [5.74, 6) is 0.726. The van der Waals surface area contributed by atoms with E-state index in [9.17, 15) is 4.79 Å². The lowest BCUT2D eigenvalue weighted by Gasteiger charge is -2.13. The Morgan fingerprint density at radius 2 is 1.86 bits per heavy atom. The number of carbonyl (C=O) groups is 1. The van der Waals surface area contributed by atoms with E-state index in [1.165, 1.54) is 16.7 Å². The molecule has 0 atom stereocenters. The fourth-order valence-corrected chi connectivity index (χ4v) is 2.33. The van der Waals surface area contributed by atoms with Crippen LogP contribution in [0.25, 0.3) is 0 Å². The summed E-state index contributed by atoms with van der Waals surface area (Å²) in [5.41, 5.74) is 5.24. The van der Waals surface area contributed by atoms with Crippen LogP contribution in [-0.4, -0.2) is 17.7 Å². The van der Waals surface area contributed by atoms with Crippen molar-refractivity contribution in [2.45, 2.75) is 27.7 Å². The van der Waals surface area contributed by atoms with Gasteiger partial charge in [-0.05, 0) is 51.0 Å². The number of aryl methyl sites for hydroxylation is 3. The zero-order valence-corrected chi connectivity index (χ0v) is 13.4. The molecule has 0 fully saturated rings. The van der Waals surface area contributed by atoms with Crippen LogP contribution in [0.3, 0.4) is 0 Å². The van der Waals surface area contributed by atoms with Crippen LogP contribution in [0.1, 0.15) is 23.6 Å². The van der Waals surface area contributed by atoms with E-state index in [-0.39, 0.29) is 0 Å². The van der Waals surface area contributed by atoms with Gasteiger partial charge >= 0.3 is 6.09 Å². The molecule has 1 aromatic carbocycles. The monoisotopic (exact) mass is 299 g/mol. The van der Waals surface area contributed by atoms with Crippen molar-refractivity contribution in [3.05, 3.63) is 47.2 Å². The third kappa shape index (κ3) is 3.97. The fraction of sp³-hybridized carbons (Fsp3) is 0.294. The van der Waals surface area contributed by atoms with Crippen molar-refractivity contribution in [1.82, 2.24) is 4.98 Å². The molecule has 22 heavy (non-hydrogen) atoms. The fourth-order valence-electron chi connectivity index (χ4n) is 2.33. The smallest absolute Gasteiger partial charge is 0.411 e. The van der Waals surface area contributed by atoms with Gasteiger partial charge in [-0.25, -0.2) is 9.78 Å². The summed E-state index contributed by atoms with van der Waals surface area (Å²) in [5, 5.41) is 5.93. The van der Waals surface area contributed by atoms with Crippen LogP contribution >= 0.6 is 0 Å². The number of nitrogens with one attached hydrogen (secondary N) is 2. The first-order valence-corrected chi connectivity index (χ1v) is 7.24. The van der Waals surface area contributed by atoms with Gasteiger partial charge in [0.25, 0.3) is 0 Å². The molecule has 2 N–H and O–H groups in total. The number of carbonyl (C=O) groups excluding carboxylic acids is 1. The van der Waals surface area contributed by atoms with Crippen LogP contribution in [0, 0.1) is 20.8 Å². The maximum atomic E-state index is 11.3. The van der Waals surface area contributed by atoms with Crippen LogP contribution < -0.4 is 10.6 Å². The average Bonchev–Trinajstić information content (AvgIpc) is 2.45. The highest BCUT2D eigenvalue weighted by Crippen LogP contribution is 2.25. The summed E-state index contributed by atoms with van der Waals surface area (Å²) in [4.78, 5) is 15.6. The topological polar surface area (TPSA) is 63.2 Å². The summed E-state index contributed by atoms with van der Waals surface area (Å²) in [7, 11) is 0. The molecule has 1 heterocycles. The first-order valence-electron chi connectivity index (χ1n) is 7.24. The number of rotatable bonds is 4. The summed E-state index contributed by atoms with van der Waals surface area (Å²) in [6, 6.07) is 7.86. The molecule has 0 aliphatic carbocycles. The Bertz CT molecular complexity index is 643. The Kier molecular flexibility index (Phi) is 4.99. The lowest BCUT2D eigenvalue weighted by atomic mass is 10.1. The molecule has 0 bridgehead atoms. The van der Waals surface area contributed by atoms with Crippen molar-refractivity contribution in [3.8, 4) is 0 Å². The number of benzene rings is 1. The van der Waals surface area contributed by atoms with Gasteiger partial charge < -0.3 is 10.1 Å². The molecule has 1 aromatic heterocycles. The van der Waals surface area contributed by atoms with Gasteiger partial charge in [0, 0.05) is 5.69 Å². The van der Waals surface area contributed by atoms with Crippen LogP contribution in [0.2, 0.25) is 0 Å². The number of pyridine rings is 1. The summed E-state index contributed by atoms with van der Waals surface area (Å²) in [6.07, 6.45) is 1.12. The van der Waals surface area contributed by atoms with Crippen molar-refractivity contribution < 1.29 is 9.53 Å². The zero-order valence-electron chi connectivity index (χ0n) is 13.4. The van der Waals surface area contributed by atoms with E-state index in [2.05, 4.69) is 48.5 Å². The second kappa shape index (κ2) is 6.93. The van der Waals surface area contributed by atoms with Gasteiger partial charge in [0.15, 0.2) is 0 Å². The Balaban J connectivity index is 2.10. The zero-order chi connectivity index (χ0) is 16.1. The van der Waals surface area contributed by atoms with E-state index in [1.54, 1.807) is 19.2 Å². The molecule has 116 valence electrons. The molecule has 2 rings (SSSR count). The molecule has 0 aliphatic heterocycles. The SMILES string of the molecule is CCOC(=O)Nc1ccc(Nc2c(C)cc(C)cc2C)nc1. The minimum Gasteiger partial charge on any atom is -0.450 e. The highest BCUT2D eigenvalue weighted by Gasteiger charge is 2.06. The highest BCUT2D eigenvalue weighted by molar-refractivity contribution is 5.84. The molecule has 0 saturated carbocycles. The molecule has 0 spiro atoms. The molecule has 0 saturated heterocycles. The summed E-state index contributed by atoms with van der Waals surface area (Å²) < 4.78 is 4.82. The maximum absolute atomic E-state index is 11.3. The lowest BCUT2D eigenvalue weighted by Crippen LogP contribution is -2.13. The minimum absolute atomic E-state index is 0.338.